The predicted octanol–water partition coefficient (Wildman–Crippen LogP) is 4.24. The summed E-state index contributed by atoms with van der Waals surface area (Å²) in [7, 11) is 2.06. The van der Waals surface area contributed by atoms with Gasteiger partial charge in [0.2, 0.25) is 0 Å². The minimum atomic E-state index is 0.494. The van der Waals surface area contributed by atoms with Crippen molar-refractivity contribution >= 4 is 23.3 Å². The maximum atomic E-state index is 5.65. The van der Waals surface area contributed by atoms with Gasteiger partial charge in [-0.2, -0.15) is 5.10 Å². The summed E-state index contributed by atoms with van der Waals surface area (Å²) in [5, 5.41) is 4.45. The van der Waals surface area contributed by atoms with E-state index in [1.807, 2.05) is 70.0 Å². The molecule has 2 aromatic carbocycles. The Hall–Kier alpha value is -2.70. The lowest BCUT2D eigenvalue weighted by Crippen LogP contribution is -2.21. The number of hydrogen-bond donors (Lipinski definition) is 0. The molecule has 25 heavy (non-hydrogen) atoms. The molecule has 126 valence electrons. The second kappa shape index (κ2) is 6.66. The van der Waals surface area contributed by atoms with Gasteiger partial charge in [0.05, 0.1) is 24.1 Å². The predicted molar refractivity (Wildman–Crippen MR) is 100 cm³/mol. The average Bonchev–Trinajstić information content (AvgIpc) is 3.21. The van der Waals surface area contributed by atoms with E-state index in [0.29, 0.717) is 11.5 Å². The zero-order valence-electron chi connectivity index (χ0n) is 13.9. The number of aromatic nitrogens is 3. The Labute approximate surface area is 150 Å². The number of hydrogen-bond acceptors (Lipinski definition) is 4. The first-order valence-corrected chi connectivity index (χ1v) is 8.47. The molecule has 0 saturated carbocycles. The Morgan fingerprint density at radius 1 is 1.08 bits per heavy atom. The van der Waals surface area contributed by atoms with Crippen LogP contribution in [0.3, 0.4) is 0 Å². The van der Waals surface area contributed by atoms with E-state index in [2.05, 4.69) is 23.2 Å². The van der Waals surface area contributed by atoms with Gasteiger partial charge >= 0.3 is 0 Å². The SMILES string of the molecule is CN(Cc1cnn(-c2ccccc2)c1)Cn1c(=S)oc2ccccc21. The first kappa shape index (κ1) is 15.8. The van der Waals surface area contributed by atoms with Crippen molar-refractivity contribution in [2.24, 2.45) is 0 Å². The molecule has 0 amide bonds. The highest BCUT2D eigenvalue weighted by Crippen LogP contribution is 2.18. The van der Waals surface area contributed by atoms with Crippen LogP contribution in [0.4, 0.5) is 0 Å². The van der Waals surface area contributed by atoms with Crippen LogP contribution in [0.15, 0.2) is 71.4 Å². The molecule has 0 atom stereocenters. The zero-order chi connectivity index (χ0) is 17.2. The van der Waals surface area contributed by atoms with Gasteiger partial charge in [0.25, 0.3) is 4.84 Å². The third-order valence-electron chi connectivity index (χ3n) is 4.07. The summed E-state index contributed by atoms with van der Waals surface area (Å²) in [6.07, 6.45) is 3.95. The Morgan fingerprint density at radius 3 is 2.68 bits per heavy atom. The Balaban J connectivity index is 1.51. The van der Waals surface area contributed by atoms with Crippen LogP contribution in [0.1, 0.15) is 5.56 Å². The largest absolute Gasteiger partial charge is 0.429 e. The van der Waals surface area contributed by atoms with Gasteiger partial charge in [-0.25, -0.2) is 4.68 Å². The van der Waals surface area contributed by atoms with Crippen LogP contribution in [0.5, 0.6) is 0 Å². The number of nitrogens with zero attached hydrogens (tertiary/aromatic N) is 4. The van der Waals surface area contributed by atoms with E-state index in [-0.39, 0.29) is 0 Å². The van der Waals surface area contributed by atoms with Crippen molar-refractivity contribution in [3.05, 3.63) is 77.4 Å². The van der Waals surface area contributed by atoms with E-state index in [0.717, 1.165) is 28.9 Å². The highest BCUT2D eigenvalue weighted by atomic mass is 32.1. The fraction of sp³-hybridized carbons (Fsp3) is 0.158. The molecule has 2 heterocycles. The lowest BCUT2D eigenvalue weighted by molar-refractivity contribution is 0.257. The molecular weight excluding hydrogens is 332 g/mol. The number of fused-ring (bicyclic) bond motifs is 1. The van der Waals surface area contributed by atoms with Crippen LogP contribution < -0.4 is 0 Å². The van der Waals surface area contributed by atoms with Crippen LogP contribution in [-0.2, 0) is 13.2 Å². The number of rotatable bonds is 5. The molecule has 0 aliphatic carbocycles. The number of benzene rings is 2. The number of para-hydroxylation sites is 3. The van der Waals surface area contributed by atoms with Crippen molar-refractivity contribution in [1.82, 2.24) is 19.2 Å². The molecule has 0 saturated heterocycles. The lowest BCUT2D eigenvalue weighted by Gasteiger charge is -2.16. The topological polar surface area (TPSA) is 39.1 Å². The summed E-state index contributed by atoms with van der Waals surface area (Å²) in [5.74, 6) is 0. The molecule has 4 rings (SSSR count). The van der Waals surface area contributed by atoms with Crippen molar-refractivity contribution < 1.29 is 4.42 Å². The first-order chi connectivity index (χ1) is 12.2. The van der Waals surface area contributed by atoms with Crippen LogP contribution >= 0.6 is 12.2 Å². The fourth-order valence-electron chi connectivity index (χ4n) is 2.91. The summed E-state index contributed by atoms with van der Waals surface area (Å²) in [6.45, 7) is 1.43. The Bertz CT molecular complexity index is 1050. The van der Waals surface area contributed by atoms with Crippen molar-refractivity contribution in [1.29, 1.82) is 0 Å². The van der Waals surface area contributed by atoms with Crippen LogP contribution in [0.2, 0.25) is 0 Å². The van der Waals surface area contributed by atoms with Gasteiger partial charge in [-0.05, 0) is 43.5 Å². The molecule has 2 aromatic heterocycles. The number of oxazole rings is 1. The highest BCUT2D eigenvalue weighted by Gasteiger charge is 2.10. The minimum Gasteiger partial charge on any atom is -0.429 e. The van der Waals surface area contributed by atoms with E-state index < -0.39 is 0 Å². The third kappa shape index (κ3) is 3.26. The highest BCUT2D eigenvalue weighted by molar-refractivity contribution is 7.71. The van der Waals surface area contributed by atoms with Gasteiger partial charge in [-0.1, -0.05) is 30.3 Å². The average molecular weight is 350 g/mol. The summed E-state index contributed by atoms with van der Waals surface area (Å²) in [6, 6.07) is 18.0. The third-order valence-corrected chi connectivity index (χ3v) is 4.37. The second-order valence-corrected chi connectivity index (χ2v) is 6.40. The van der Waals surface area contributed by atoms with Crippen LogP contribution in [0.25, 0.3) is 16.8 Å². The quantitative estimate of drug-likeness (QED) is 0.505. The monoisotopic (exact) mass is 350 g/mol. The van der Waals surface area contributed by atoms with Gasteiger partial charge in [-0.15, -0.1) is 0 Å². The van der Waals surface area contributed by atoms with Gasteiger partial charge in [0.1, 0.15) is 0 Å². The van der Waals surface area contributed by atoms with E-state index in [1.165, 1.54) is 0 Å². The summed E-state index contributed by atoms with van der Waals surface area (Å²) < 4.78 is 9.54. The van der Waals surface area contributed by atoms with E-state index in [1.54, 1.807) is 0 Å². The molecule has 5 nitrogen and oxygen atoms in total. The molecule has 0 spiro atoms. The second-order valence-electron chi connectivity index (χ2n) is 6.05. The van der Waals surface area contributed by atoms with E-state index >= 15 is 0 Å². The van der Waals surface area contributed by atoms with Gasteiger partial charge in [0.15, 0.2) is 5.58 Å². The minimum absolute atomic E-state index is 0.494. The summed E-state index contributed by atoms with van der Waals surface area (Å²) in [4.78, 5) is 2.68. The van der Waals surface area contributed by atoms with E-state index in [4.69, 9.17) is 16.6 Å². The van der Waals surface area contributed by atoms with Crippen molar-refractivity contribution in [3.8, 4) is 5.69 Å². The van der Waals surface area contributed by atoms with Crippen molar-refractivity contribution in [2.45, 2.75) is 13.2 Å². The van der Waals surface area contributed by atoms with Gasteiger partial charge in [0, 0.05) is 18.3 Å². The maximum absolute atomic E-state index is 5.65. The molecule has 0 bridgehead atoms. The van der Waals surface area contributed by atoms with E-state index in [9.17, 15) is 0 Å². The molecular formula is C19H18N4OS. The Kier molecular flexibility index (Phi) is 4.21. The molecule has 0 fully saturated rings. The molecule has 0 unspecified atom stereocenters. The van der Waals surface area contributed by atoms with Crippen LogP contribution in [0, 0.1) is 4.84 Å². The van der Waals surface area contributed by atoms with Gasteiger partial charge in [-0.3, -0.25) is 9.47 Å². The summed E-state index contributed by atoms with van der Waals surface area (Å²) in [5.41, 5.74) is 4.03. The van der Waals surface area contributed by atoms with Gasteiger partial charge < -0.3 is 4.42 Å². The van der Waals surface area contributed by atoms with Crippen molar-refractivity contribution in [3.63, 3.8) is 0 Å². The smallest absolute Gasteiger partial charge is 0.270 e. The lowest BCUT2D eigenvalue weighted by atomic mass is 10.3. The standard InChI is InChI=1S/C19H18N4OS/c1-21(14-22-17-9-5-6-10-18(17)24-19(22)25)12-15-11-20-23(13-15)16-7-3-2-4-8-16/h2-11,13H,12,14H2,1H3. The zero-order valence-corrected chi connectivity index (χ0v) is 14.7. The van der Waals surface area contributed by atoms with Crippen molar-refractivity contribution in [2.75, 3.05) is 7.05 Å². The summed E-state index contributed by atoms with van der Waals surface area (Å²) >= 11 is 5.36. The first-order valence-electron chi connectivity index (χ1n) is 8.06. The maximum Gasteiger partial charge on any atom is 0.270 e. The normalized spacial score (nSPS) is 11.4. The molecule has 0 radical (unpaired) electrons. The Morgan fingerprint density at radius 2 is 1.84 bits per heavy atom. The fourth-order valence-corrected chi connectivity index (χ4v) is 3.16. The molecule has 0 N–H and O–H groups in total. The molecule has 4 aromatic rings. The molecule has 0 aliphatic rings. The molecule has 6 heteroatoms. The molecule has 0 aliphatic heterocycles. The van der Waals surface area contributed by atoms with Crippen LogP contribution in [-0.4, -0.2) is 26.3 Å².